The molecule has 0 amide bonds. The molecule has 0 unspecified atom stereocenters. The Morgan fingerprint density at radius 3 is 3.15 bits per heavy atom. The van der Waals surface area contributed by atoms with E-state index in [-0.39, 0.29) is 0 Å². The number of nitrogens with zero attached hydrogens (tertiary/aromatic N) is 3. The van der Waals surface area contributed by atoms with Crippen molar-refractivity contribution < 1.29 is 0 Å². The Kier molecular flexibility index (Phi) is 2.09. The molecule has 0 aliphatic rings. The van der Waals surface area contributed by atoms with Gasteiger partial charge >= 0.3 is 0 Å². The number of nitrogen functional groups attached to an aromatic ring is 1. The van der Waals surface area contributed by atoms with E-state index in [1.165, 1.54) is 17.9 Å². The summed E-state index contributed by atoms with van der Waals surface area (Å²) in [6, 6.07) is 1.78. The van der Waals surface area contributed by atoms with Crippen LogP contribution in [0.15, 0.2) is 12.4 Å². The molecule has 0 saturated carbocycles. The van der Waals surface area contributed by atoms with Gasteiger partial charge in [-0.2, -0.15) is 9.47 Å². The van der Waals surface area contributed by atoms with Crippen molar-refractivity contribution >= 4 is 22.4 Å². The van der Waals surface area contributed by atoms with E-state index in [2.05, 4.69) is 24.9 Å². The Morgan fingerprint density at radius 2 is 2.54 bits per heavy atom. The zero-order valence-electron chi connectivity index (χ0n) is 6.69. The molecule has 68 valence electrons. The molecule has 2 aromatic rings. The van der Waals surface area contributed by atoms with Crippen molar-refractivity contribution in [3.8, 4) is 0 Å². The van der Waals surface area contributed by atoms with Crippen molar-refractivity contribution in [1.29, 1.82) is 0 Å². The number of aromatic amines is 1. The van der Waals surface area contributed by atoms with Gasteiger partial charge in [0.1, 0.15) is 23.0 Å². The Bertz CT molecular complexity index is 366. The predicted octanol–water partition coefficient (Wildman–Crippen LogP) is 0.455. The Hall–Kier alpha value is -1.63. The average Bonchev–Trinajstić information content (AvgIpc) is 2.71. The Labute approximate surface area is 78.4 Å². The highest BCUT2D eigenvalue weighted by atomic mass is 32.1. The van der Waals surface area contributed by atoms with Crippen LogP contribution in [0.2, 0.25) is 0 Å². The Morgan fingerprint density at radius 1 is 1.62 bits per heavy atom. The summed E-state index contributed by atoms with van der Waals surface area (Å²) in [5.74, 6) is 1.32. The van der Waals surface area contributed by atoms with Crippen molar-refractivity contribution in [3.05, 3.63) is 18.2 Å². The van der Waals surface area contributed by atoms with E-state index >= 15 is 0 Å². The van der Waals surface area contributed by atoms with E-state index in [1.807, 2.05) is 0 Å². The quantitative estimate of drug-likeness (QED) is 0.663. The van der Waals surface area contributed by atoms with Crippen LogP contribution in [-0.4, -0.2) is 19.6 Å². The lowest BCUT2D eigenvalue weighted by Crippen LogP contribution is -1.99. The minimum atomic E-state index is 0.532. The van der Waals surface area contributed by atoms with E-state index in [1.54, 1.807) is 6.07 Å². The molecule has 2 heterocycles. The summed E-state index contributed by atoms with van der Waals surface area (Å²) in [5.41, 5.74) is 5.45. The SMILES string of the molecule is Nc1cc(NCc2ncn[nH]2)sn1. The van der Waals surface area contributed by atoms with Gasteiger partial charge in [0.2, 0.25) is 0 Å². The molecule has 7 heteroatoms. The third-order valence-electron chi connectivity index (χ3n) is 1.42. The molecule has 2 aromatic heterocycles. The fourth-order valence-corrected chi connectivity index (χ4v) is 1.43. The molecule has 0 bridgehead atoms. The van der Waals surface area contributed by atoms with Gasteiger partial charge in [-0.3, -0.25) is 5.10 Å². The predicted molar refractivity (Wildman–Crippen MR) is 50.2 cm³/mol. The van der Waals surface area contributed by atoms with Gasteiger partial charge in [0.25, 0.3) is 0 Å². The van der Waals surface area contributed by atoms with Crippen LogP contribution in [-0.2, 0) is 6.54 Å². The normalized spacial score (nSPS) is 10.2. The maximum atomic E-state index is 5.45. The molecule has 6 nitrogen and oxygen atoms in total. The lowest BCUT2D eigenvalue weighted by molar-refractivity contribution is 0.957. The second kappa shape index (κ2) is 3.40. The number of nitrogens with two attached hydrogens (primary N) is 1. The molecule has 0 fully saturated rings. The van der Waals surface area contributed by atoms with Crippen molar-refractivity contribution in [1.82, 2.24) is 19.6 Å². The lowest BCUT2D eigenvalue weighted by atomic mass is 10.5. The van der Waals surface area contributed by atoms with Gasteiger partial charge in [-0.15, -0.1) is 0 Å². The van der Waals surface area contributed by atoms with Gasteiger partial charge in [-0.1, -0.05) is 0 Å². The fourth-order valence-electron chi connectivity index (χ4n) is 0.859. The molecular weight excluding hydrogens is 188 g/mol. The van der Waals surface area contributed by atoms with Gasteiger partial charge in [0, 0.05) is 6.07 Å². The molecule has 4 N–H and O–H groups in total. The monoisotopic (exact) mass is 196 g/mol. The number of nitrogens with one attached hydrogen (secondary N) is 2. The van der Waals surface area contributed by atoms with E-state index in [4.69, 9.17) is 5.73 Å². The van der Waals surface area contributed by atoms with Crippen molar-refractivity contribution in [2.24, 2.45) is 0 Å². The van der Waals surface area contributed by atoms with Crippen molar-refractivity contribution in [2.45, 2.75) is 6.54 Å². The maximum Gasteiger partial charge on any atom is 0.143 e. The molecule has 0 radical (unpaired) electrons. The number of hydrogen-bond acceptors (Lipinski definition) is 6. The molecule has 0 aliphatic carbocycles. The third kappa shape index (κ3) is 1.94. The van der Waals surface area contributed by atoms with Crippen LogP contribution in [0, 0.1) is 0 Å². The zero-order valence-corrected chi connectivity index (χ0v) is 7.51. The summed E-state index contributed by atoms with van der Waals surface area (Å²) in [4.78, 5) is 3.96. The molecular formula is C6H8N6S. The fraction of sp³-hybridized carbons (Fsp3) is 0.167. The van der Waals surface area contributed by atoms with E-state index in [0.29, 0.717) is 12.4 Å². The molecule has 0 saturated heterocycles. The summed E-state index contributed by atoms with van der Waals surface area (Å²) in [6.07, 6.45) is 1.47. The van der Waals surface area contributed by atoms with Crippen LogP contribution in [0.3, 0.4) is 0 Å². The van der Waals surface area contributed by atoms with Gasteiger partial charge in [-0.05, 0) is 11.5 Å². The second-order valence-corrected chi connectivity index (χ2v) is 3.21. The van der Waals surface area contributed by atoms with Crippen LogP contribution in [0.4, 0.5) is 10.8 Å². The average molecular weight is 196 g/mol. The van der Waals surface area contributed by atoms with Crippen LogP contribution >= 0.6 is 11.5 Å². The number of anilines is 2. The third-order valence-corrected chi connectivity index (χ3v) is 2.18. The molecule has 0 aliphatic heterocycles. The first-order valence-electron chi connectivity index (χ1n) is 3.65. The summed E-state index contributed by atoms with van der Waals surface area (Å²) >= 11 is 1.32. The Balaban J connectivity index is 1.93. The lowest BCUT2D eigenvalue weighted by Gasteiger charge is -1.97. The number of hydrogen-bond donors (Lipinski definition) is 3. The summed E-state index contributed by atoms with van der Waals surface area (Å²) in [6.45, 7) is 0.599. The molecule has 13 heavy (non-hydrogen) atoms. The van der Waals surface area contributed by atoms with E-state index in [0.717, 1.165) is 10.8 Å². The minimum absolute atomic E-state index is 0.532. The second-order valence-electron chi connectivity index (χ2n) is 2.40. The zero-order chi connectivity index (χ0) is 9.10. The molecule has 0 atom stereocenters. The standard InChI is InChI=1S/C6H8N6S/c7-4-1-6(13-12-4)8-2-5-9-3-10-11-5/h1,3,8H,2H2,(H2,7,12)(H,9,10,11). The van der Waals surface area contributed by atoms with E-state index < -0.39 is 0 Å². The highest BCUT2D eigenvalue weighted by Crippen LogP contribution is 2.17. The molecule has 0 aromatic carbocycles. The van der Waals surface area contributed by atoms with Gasteiger partial charge < -0.3 is 11.1 Å². The van der Waals surface area contributed by atoms with Crippen LogP contribution in [0.1, 0.15) is 5.82 Å². The van der Waals surface area contributed by atoms with Crippen molar-refractivity contribution in [3.63, 3.8) is 0 Å². The minimum Gasteiger partial charge on any atom is -0.383 e. The first-order valence-corrected chi connectivity index (χ1v) is 4.42. The highest BCUT2D eigenvalue weighted by Gasteiger charge is 1.99. The maximum absolute atomic E-state index is 5.45. The smallest absolute Gasteiger partial charge is 0.143 e. The van der Waals surface area contributed by atoms with Crippen LogP contribution in [0.5, 0.6) is 0 Å². The first-order chi connectivity index (χ1) is 6.34. The molecule has 0 spiro atoms. The highest BCUT2D eigenvalue weighted by molar-refractivity contribution is 7.10. The number of aromatic nitrogens is 4. The summed E-state index contributed by atoms with van der Waals surface area (Å²) in [7, 11) is 0. The largest absolute Gasteiger partial charge is 0.383 e. The van der Waals surface area contributed by atoms with Crippen molar-refractivity contribution in [2.75, 3.05) is 11.1 Å². The number of H-pyrrole nitrogens is 1. The first kappa shape index (κ1) is 7.99. The molecule has 2 rings (SSSR count). The van der Waals surface area contributed by atoms with Gasteiger partial charge in [-0.25, -0.2) is 4.98 Å². The summed E-state index contributed by atoms with van der Waals surface area (Å²) < 4.78 is 3.93. The summed E-state index contributed by atoms with van der Waals surface area (Å²) in [5, 5.41) is 10.5. The van der Waals surface area contributed by atoms with Crippen LogP contribution in [0.25, 0.3) is 0 Å². The van der Waals surface area contributed by atoms with E-state index in [9.17, 15) is 0 Å². The van der Waals surface area contributed by atoms with Gasteiger partial charge in [0.15, 0.2) is 0 Å². The van der Waals surface area contributed by atoms with Gasteiger partial charge in [0.05, 0.1) is 6.54 Å². The number of rotatable bonds is 3. The van der Waals surface area contributed by atoms with Crippen LogP contribution < -0.4 is 11.1 Å². The topological polar surface area (TPSA) is 92.5 Å².